The predicted octanol–water partition coefficient (Wildman–Crippen LogP) is 4.60. The van der Waals surface area contributed by atoms with Crippen molar-refractivity contribution in [2.75, 3.05) is 5.32 Å². The van der Waals surface area contributed by atoms with Gasteiger partial charge in [-0.25, -0.2) is 0 Å². The maximum atomic E-state index is 12.3. The SMILES string of the molecule is Cc1scc(C(=O)Nc2ccc(Cc3ccncc3)cc2)c1C. The number of amides is 1. The number of pyridine rings is 1. The van der Waals surface area contributed by atoms with Crippen molar-refractivity contribution in [3.05, 3.63) is 81.3 Å². The van der Waals surface area contributed by atoms with E-state index < -0.39 is 0 Å². The van der Waals surface area contributed by atoms with Crippen molar-refractivity contribution in [1.29, 1.82) is 0 Å². The van der Waals surface area contributed by atoms with Gasteiger partial charge in [-0.05, 0) is 61.2 Å². The first kappa shape index (κ1) is 15.4. The van der Waals surface area contributed by atoms with Gasteiger partial charge in [0, 0.05) is 28.3 Å². The first-order chi connectivity index (χ1) is 11.1. The Morgan fingerprint density at radius 3 is 2.30 bits per heavy atom. The molecule has 3 rings (SSSR count). The van der Waals surface area contributed by atoms with Crippen LogP contribution in [0.2, 0.25) is 0 Å². The second-order valence-electron chi connectivity index (χ2n) is 5.51. The molecular formula is C19H18N2OS. The van der Waals surface area contributed by atoms with Gasteiger partial charge in [-0.3, -0.25) is 9.78 Å². The number of hydrogen-bond donors (Lipinski definition) is 1. The molecule has 0 fully saturated rings. The molecule has 0 spiro atoms. The lowest BCUT2D eigenvalue weighted by Gasteiger charge is -2.07. The van der Waals surface area contributed by atoms with E-state index in [9.17, 15) is 4.79 Å². The Morgan fingerprint density at radius 1 is 1.04 bits per heavy atom. The summed E-state index contributed by atoms with van der Waals surface area (Å²) in [6, 6.07) is 12.0. The first-order valence-electron chi connectivity index (χ1n) is 7.47. The molecule has 0 aliphatic rings. The summed E-state index contributed by atoms with van der Waals surface area (Å²) in [7, 11) is 0. The van der Waals surface area contributed by atoms with E-state index >= 15 is 0 Å². The van der Waals surface area contributed by atoms with Crippen LogP contribution in [0.1, 0.15) is 31.9 Å². The lowest BCUT2D eigenvalue weighted by atomic mass is 10.1. The molecule has 0 unspecified atom stereocenters. The number of anilines is 1. The zero-order valence-electron chi connectivity index (χ0n) is 13.2. The Morgan fingerprint density at radius 2 is 1.70 bits per heavy atom. The molecule has 0 bridgehead atoms. The minimum absolute atomic E-state index is 0.0475. The summed E-state index contributed by atoms with van der Waals surface area (Å²) in [6.45, 7) is 4.02. The summed E-state index contributed by atoms with van der Waals surface area (Å²) in [5.41, 5.74) is 5.06. The molecule has 1 amide bonds. The van der Waals surface area contributed by atoms with Crippen LogP contribution in [0.15, 0.2) is 54.2 Å². The van der Waals surface area contributed by atoms with Gasteiger partial charge in [-0.1, -0.05) is 12.1 Å². The third kappa shape index (κ3) is 3.66. The van der Waals surface area contributed by atoms with Crippen molar-refractivity contribution >= 4 is 22.9 Å². The van der Waals surface area contributed by atoms with E-state index in [1.165, 1.54) is 16.0 Å². The molecule has 4 heteroatoms. The Balaban J connectivity index is 1.68. The Hall–Kier alpha value is -2.46. The Bertz CT molecular complexity index is 807. The monoisotopic (exact) mass is 322 g/mol. The summed E-state index contributed by atoms with van der Waals surface area (Å²) >= 11 is 1.61. The normalized spacial score (nSPS) is 10.5. The number of carbonyl (C=O) groups excluding carboxylic acids is 1. The first-order valence-corrected chi connectivity index (χ1v) is 8.35. The smallest absolute Gasteiger partial charge is 0.256 e. The summed E-state index contributed by atoms with van der Waals surface area (Å²) in [6.07, 6.45) is 4.46. The highest BCUT2D eigenvalue weighted by Gasteiger charge is 2.12. The summed E-state index contributed by atoms with van der Waals surface area (Å²) in [5.74, 6) is -0.0475. The summed E-state index contributed by atoms with van der Waals surface area (Å²) in [5, 5.41) is 4.88. The summed E-state index contributed by atoms with van der Waals surface area (Å²) < 4.78 is 0. The van der Waals surface area contributed by atoms with Crippen molar-refractivity contribution < 1.29 is 4.79 Å². The molecule has 3 aromatic rings. The molecular weight excluding hydrogens is 304 g/mol. The third-order valence-corrected chi connectivity index (χ3v) is 4.91. The fraction of sp³-hybridized carbons (Fsp3) is 0.158. The van der Waals surface area contributed by atoms with Gasteiger partial charge in [0.25, 0.3) is 5.91 Å². The third-order valence-electron chi connectivity index (χ3n) is 3.90. The van der Waals surface area contributed by atoms with Gasteiger partial charge in [-0.15, -0.1) is 11.3 Å². The molecule has 1 N–H and O–H groups in total. The van der Waals surface area contributed by atoms with Crippen LogP contribution in [0.25, 0.3) is 0 Å². The van der Waals surface area contributed by atoms with Crippen molar-refractivity contribution in [3.8, 4) is 0 Å². The molecule has 2 aromatic heterocycles. The number of aryl methyl sites for hydroxylation is 1. The lowest BCUT2D eigenvalue weighted by Crippen LogP contribution is -2.12. The molecule has 0 atom stereocenters. The Labute approximate surface area is 140 Å². The van der Waals surface area contributed by atoms with Crippen molar-refractivity contribution in [2.45, 2.75) is 20.3 Å². The topological polar surface area (TPSA) is 42.0 Å². The van der Waals surface area contributed by atoms with Gasteiger partial charge in [0.15, 0.2) is 0 Å². The van der Waals surface area contributed by atoms with E-state index in [0.29, 0.717) is 0 Å². The van der Waals surface area contributed by atoms with Crippen LogP contribution in [-0.2, 0) is 6.42 Å². The fourth-order valence-electron chi connectivity index (χ4n) is 2.38. The number of carbonyl (C=O) groups is 1. The van der Waals surface area contributed by atoms with Gasteiger partial charge >= 0.3 is 0 Å². The van der Waals surface area contributed by atoms with E-state index in [1.807, 2.05) is 55.6 Å². The van der Waals surface area contributed by atoms with Gasteiger partial charge < -0.3 is 5.32 Å². The van der Waals surface area contributed by atoms with E-state index in [0.717, 1.165) is 23.2 Å². The van der Waals surface area contributed by atoms with Crippen molar-refractivity contribution in [1.82, 2.24) is 4.98 Å². The average Bonchev–Trinajstić information content (AvgIpc) is 2.90. The minimum atomic E-state index is -0.0475. The predicted molar refractivity (Wildman–Crippen MR) is 95.2 cm³/mol. The molecule has 116 valence electrons. The van der Waals surface area contributed by atoms with Crippen molar-refractivity contribution in [2.24, 2.45) is 0 Å². The van der Waals surface area contributed by atoms with Gasteiger partial charge in [0.05, 0.1) is 5.56 Å². The van der Waals surface area contributed by atoms with Gasteiger partial charge in [-0.2, -0.15) is 0 Å². The molecule has 0 radical (unpaired) electrons. The highest BCUT2D eigenvalue weighted by atomic mass is 32.1. The van der Waals surface area contributed by atoms with Crippen molar-refractivity contribution in [3.63, 3.8) is 0 Å². The molecule has 0 aliphatic carbocycles. The van der Waals surface area contributed by atoms with E-state index in [4.69, 9.17) is 0 Å². The van der Waals surface area contributed by atoms with Gasteiger partial charge in [0.2, 0.25) is 0 Å². The number of hydrogen-bond acceptors (Lipinski definition) is 3. The van der Waals surface area contributed by atoms with E-state index in [-0.39, 0.29) is 5.91 Å². The van der Waals surface area contributed by atoms with Crippen LogP contribution in [-0.4, -0.2) is 10.9 Å². The zero-order chi connectivity index (χ0) is 16.2. The molecule has 0 saturated heterocycles. The molecule has 0 aliphatic heterocycles. The second-order valence-corrected chi connectivity index (χ2v) is 6.60. The van der Waals surface area contributed by atoms with Crippen LogP contribution in [0.4, 0.5) is 5.69 Å². The molecule has 1 aromatic carbocycles. The van der Waals surface area contributed by atoms with Crippen LogP contribution in [0.3, 0.4) is 0 Å². The van der Waals surface area contributed by atoms with E-state index in [2.05, 4.69) is 10.3 Å². The van der Waals surface area contributed by atoms with E-state index in [1.54, 1.807) is 23.7 Å². The largest absolute Gasteiger partial charge is 0.322 e. The number of benzene rings is 1. The quantitative estimate of drug-likeness (QED) is 0.762. The standard InChI is InChI=1S/C19H18N2OS/c1-13-14(2)23-12-18(13)19(22)21-17-5-3-15(4-6-17)11-16-7-9-20-10-8-16/h3-10,12H,11H2,1-2H3,(H,21,22). The van der Waals surface area contributed by atoms with Gasteiger partial charge in [0.1, 0.15) is 0 Å². The fourth-order valence-corrected chi connectivity index (χ4v) is 3.24. The highest BCUT2D eigenvalue weighted by Crippen LogP contribution is 2.22. The summed E-state index contributed by atoms with van der Waals surface area (Å²) in [4.78, 5) is 17.5. The lowest BCUT2D eigenvalue weighted by molar-refractivity contribution is 0.102. The zero-order valence-corrected chi connectivity index (χ0v) is 14.0. The molecule has 2 heterocycles. The molecule has 0 saturated carbocycles. The van der Waals surface area contributed by atoms with Crippen LogP contribution in [0, 0.1) is 13.8 Å². The maximum Gasteiger partial charge on any atom is 0.256 e. The average molecular weight is 322 g/mol. The van der Waals surface area contributed by atoms with Crippen LogP contribution < -0.4 is 5.32 Å². The molecule has 23 heavy (non-hydrogen) atoms. The second kappa shape index (κ2) is 6.75. The maximum absolute atomic E-state index is 12.3. The van der Waals surface area contributed by atoms with Crippen LogP contribution in [0.5, 0.6) is 0 Å². The number of thiophene rings is 1. The number of nitrogens with zero attached hydrogens (tertiary/aromatic N) is 1. The van der Waals surface area contributed by atoms with Crippen LogP contribution >= 0.6 is 11.3 Å². The number of nitrogens with one attached hydrogen (secondary N) is 1. The molecule has 3 nitrogen and oxygen atoms in total. The number of rotatable bonds is 4. The highest BCUT2D eigenvalue weighted by molar-refractivity contribution is 7.10. The minimum Gasteiger partial charge on any atom is -0.322 e. The number of aromatic nitrogens is 1. The Kier molecular flexibility index (Phi) is 4.53.